The Morgan fingerprint density at radius 3 is 2.75 bits per heavy atom. The third kappa shape index (κ3) is 3.97. The van der Waals surface area contributed by atoms with Gasteiger partial charge in [0, 0.05) is 18.6 Å². The van der Waals surface area contributed by atoms with Gasteiger partial charge in [0.1, 0.15) is 5.75 Å². The van der Waals surface area contributed by atoms with Crippen molar-refractivity contribution in [3.05, 3.63) is 30.3 Å². The lowest BCUT2D eigenvalue weighted by molar-refractivity contribution is -0.128. The first-order valence-corrected chi connectivity index (χ1v) is 7.33. The van der Waals surface area contributed by atoms with E-state index in [1.165, 1.54) is 0 Å². The fourth-order valence-electron chi connectivity index (χ4n) is 2.67. The first kappa shape index (κ1) is 14.9. The summed E-state index contributed by atoms with van der Waals surface area (Å²) in [6.45, 7) is 1.89. The molecule has 1 fully saturated rings. The zero-order chi connectivity index (χ0) is 14.4. The molecule has 0 radical (unpaired) electrons. The molecule has 0 spiro atoms. The molecular weight excluding hydrogens is 254 g/mol. The Bertz CT molecular complexity index is 421. The predicted octanol–water partition coefficient (Wildman–Crippen LogP) is 2.12. The van der Waals surface area contributed by atoms with E-state index in [4.69, 9.17) is 4.74 Å². The van der Waals surface area contributed by atoms with Crippen molar-refractivity contribution < 1.29 is 14.6 Å². The van der Waals surface area contributed by atoms with Crippen LogP contribution in [0.15, 0.2) is 30.3 Å². The van der Waals surface area contributed by atoms with Gasteiger partial charge in [-0.3, -0.25) is 4.79 Å². The van der Waals surface area contributed by atoms with Crippen LogP contribution < -0.4 is 10.1 Å². The SMILES string of the molecule is CC(Oc1ccccc1)C(=O)NC1CCCCC1CO. The molecule has 3 atom stereocenters. The van der Waals surface area contributed by atoms with Gasteiger partial charge in [0.05, 0.1) is 0 Å². The molecule has 4 heteroatoms. The number of ether oxygens (including phenoxy) is 1. The molecule has 0 aliphatic heterocycles. The molecule has 0 bridgehead atoms. The van der Waals surface area contributed by atoms with Crippen molar-refractivity contribution in [2.24, 2.45) is 5.92 Å². The first-order chi connectivity index (χ1) is 9.70. The maximum absolute atomic E-state index is 12.2. The van der Waals surface area contributed by atoms with Gasteiger partial charge >= 0.3 is 0 Å². The Labute approximate surface area is 120 Å². The summed E-state index contributed by atoms with van der Waals surface area (Å²) < 4.78 is 5.61. The number of para-hydroxylation sites is 1. The van der Waals surface area contributed by atoms with E-state index in [1.807, 2.05) is 30.3 Å². The summed E-state index contributed by atoms with van der Waals surface area (Å²) in [5, 5.41) is 12.4. The number of nitrogens with one attached hydrogen (secondary N) is 1. The molecule has 0 heterocycles. The van der Waals surface area contributed by atoms with Gasteiger partial charge in [-0.2, -0.15) is 0 Å². The molecule has 1 saturated carbocycles. The maximum Gasteiger partial charge on any atom is 0.261 e. The van der Waals surface area contributed by atoms with Crippen LogP contribution in [0.1, 0.15) is 32.6 Å². The lowest BCUT2D eigenvalue weighted by Crippen LogP contribution is -2.47. The molecule has 0 saturated heterocycles. The molecule has 2 N–H and O–H groups in total. The quantitative estimate of drug-likeness (QED) is 0.866. The fourth-order valence-corrected chi connectivity index (χ4v) is 2.67. The molecule has 3 unspecified atom stereocenters. The van der Waals surface area contributed by atoms with Gasteiger partial charge in [0.15, 0.2) is 6.10 Å². The minimum Gasteiger partial charge on any atom is -0.481 e. The van der Waals surface area contributed by atoms with Crippen molar-refractivity contribution in [2.45, 2.75) is 44.8 Å². The van der Waals surface area contributed by atoms with E-state index >= 15 is 0 Å². The highest BCUT2D eigenvalue weighted by Crippen LogP contribution is 2.24. The molecule has 1 amide bonds. The van der Waals surface area contributed by atoms with E-state index in [0.717, 1.165) is 25.7 Å². The zero-order valence-electron chi connectivity index (χ0n) is 11.9. The lowest BCUT2D eigenvalue weighted by atomic mass is 9.85. The van der Waals surface area contributed by atoms with Gasteiger partial charge in [-0.1, -0.05) is 31.0 Å². The highest BCUT2D eigenvalue weighted by atomic mass is 16.5. The summed E-state index contributed by atoms with van der Waals surface area (Å²) in [5.41, 5.74) is 0. The van der Waals surface area contributed by atoms with Crippen molar-refractivity contribution in [3.63, 3.8) is 0 Å². The van der Waals surface area contributed by atoms with E-state index in [1.54, 1.807) is 6.92 Å². The van der Waals surface area contributed by atoms with Crippen LogP contribution in [0.4, 0.5) is 0 Å². The second-order valence-electron chi connectivity index (χ2n) is 5.42. The second-order valence-corrected chi connectivity index (χ2v) is 5.42. The summed E-state index contributed by atoms with van der Waals surface area (Å²) in [5.74, 6) is 0.758. The van der Waals surface area contributed by atoms with Crippen LogP contribution >= 0.6 is 0 Å². The van der Waals surface area contributed by atoms with E-state index in [9.17, 15) is 9.90 Å². The average molecular weight is 277 g/mol. The minimum atomic E-state index is -0.529. The normalized spacial score (nSPS) is 23.9. The smallest absolute Gasteiger partial charge is 0.261 e. The van der Waals surface area contributed by atoms with Crippen molar-refractivity contribution in [3.8, 4) is 5.75 Å². The third-order valence-electron chi connectivity index (χ3n) is 3.90. The Kier molecular flexibility index (Phi) is 5.41. The predicted molar refractivity (Wildman–Crippen MR) is 77.5 cm³/mol. The Morgan fingerprint density at radius 1 is 1.35 bits per heavy atom. The van der Waals surface area contributed by atoms with Gasteiger partial charge < -0.3 is 15.2 Å². The van der Waals surface area contributed by atoms with Crippen LogP contribution in [-0.4, -0.2) is 29.8 Å². The molecule has 4 nitrogen and oxygen atoms in total. The second kappa shape index (κ2) is 7.29. The number of benzene rings is 1. The Balaban J connectivity index is 1.87. The molecule has 1 aromatic carbocycles. The monoisotopic (exact) mass is 277 g/mol. The van der Waals surface area contributed by atoms with Gasteiger partial charge in [0.2, 0.25) is 0 Å². The number of rotatable bonds is 5. The van der Waals surface area contributed by atoms with Crippen molar-refractivity contribution >= 4 is 5.91 Å². The summed E-state index contributed by atoms with van der Waals surface area (Å²) in [6, 6.07) is 9.40. The van der Waals surface area contributed by atoms with Crippen LogP contribution in [0.2, 0.25) is 0 Å². The molecule has 2 rings (SSSR count). The maximum atomic E-state index is 12.2. The lowest BCUT2D eigenvalue weighted by Gasteiger charge is -2.31. The summed E-state index contributed by atoms with van der Waals surface area (Å²) >= 11 is 0. The standard InChI is InChI=1S/C16H23NO3/c1-12(20-14-8-3-2-4-9-14)16(19)17-15-10-6-5-7-13(15)11-18/h2-4,8-9,12-13,15,18H,5-7,10-11H2,1H3,(H,17,19). The molecule has 1 aromatic rings. The summed E-state index contributed by atoms with van der Waals surface area (Å²) in [4.78, 5) is 12.2. The number of aliphatic hydroxyl groups is 1. The van der Waals surface area contributed by atoms with Crippen LogP contribution in [0, 0.1) is 5.92 Å². The molecule has 20 heavy (non-hydrogen) atoms. The number of hydrogen-bond acceptors (Lipinski definition) is 3. The van der Waals surface area contributed by atoms with Gasteiger partial charge in [-0.05, 0) is 31.9 Å². The summed E-state index contributed by atoms with van der Waals surface area (Å²) in [6.07, 6.45) is 3.63. The van der Waals surface area contributed by atoms with Crippen molar-refractivity contribution in [2.75, 3.05) is 6.61 Å². The topological polar surface area (TPSA) is 58.6 Å². The highest BCUT2D eigenvalue weighted by Gasteiger charge is 2.27. The highest BCUT2D eigenvalue weighted by molar-refractivity contribution is 5.81. The number of amides is 1. The van der Waals surface area contributed by atoms with Crippen LogP contribution in [0.3, 0.4) is 0 Å². The first-order valence-electron chi connectivity index (χ1n) is 7.33. The third-order valence-corrected chi connectivity index (χ3v) is 3.90. The van der Waals surface area contributed by atoms with Crippen LogP contribution in [0.5, 0.6) is 5.75 Å². The molecule has 110 valence electrons. The van der Waals surface area contributed by atoms with Crippen molar-refractivity contribution in [1.29, 1.82) is 0 Å². The number of carbonyl (C=O) groups is 1. The molecule has 0 aromatic heterocycles. The average Bonchev–Trinajstić information content (AvgIpc) is 2.48. The molecule has 1 aliphatic carbocycles. The van der Waals surface area contributed by atoms with E-state index < -0.39 is 6.10 Å². The molecule has 1 aliphatic rings. The van der Waals surface area contributed by atoms with E-state index in [2.05, 4.69) is 5.32 Å². The number of carbonyl (C=O) groups excluding carboxylic acids is 1. The van der Waals surface area contributed by atoms with E-state index in [0.29, 0.717) is 5.75 Å². The minimum absolute atomic E-state index is 0.0723. The van der Waals surface area contributed by atoms with E-state index in [-0.39, 0.29) is 24.5 Å². The van der Waals surface area contributed by atoms with Gasteiger partial charge in [-0.25, -0.2) is 0 Å². The van der Waals surface area contributed by atoms with Crippen LogP contribution in [0.25, 0.3) is 0 Å². The van der Waals surface area contributed by atoms with Crippen LogP contribution in [-0.2, 0) is 4.79 Å². The Hall–Kier alpha value is -1.55. The number of hydrogen-bond donors (Lipinski definition) is 2. The van der Waals surface area contributed by atoms with Crippen molar-refractivity contribution in [1.82, 2.24) is 5.32 Å². The van der Waals surface area contributed by atoms with Gasteiger partial charge in [-0.15, -0.1) is 0 Å². The summed E-state index contributed by atoms with van der Waals surface area (Å²) in [7, 11) is 0. The fraction of sp³-hybridized carbons (Fsp3) is 0.562. The zero-order valence-corrected chi connectivity index (χ0v) is 11.9. The molecular formula is C16H23NO3. The Morgan fingerprint density at radius 2 is 2.05 bits per heavy atom. The number of aliphatic hydroxyl groups excluding tert-OH is 1. The van der Waals surface area contributed by atoms with Gasteiger partial charge in [0.25, 0.3) is 5.91 Å². The largest absolute Gasteiger partial charge is 0.481 e.